The molecule has 4 atom stereocenters. The quantitative estimate of drug-likeness (QED) is 0.535. The van der Waals surface area contributed by atoms with Gasteiger partial charge >= 0.3 is 0 Å². The van der Waals surface area contributed by atoms with Crippen molar-refractivity contribution < 1.29 is 9.90 Å². The predicted molar refractivity (Wildman–Crippen MR) is 124 cm³/mol. The van der Waals surface area contributed by atoms with Crippen molar-refractivity contribution >= 4 is 17.7 Å². The number of likely N-dealkylation sites (tertiary alicyclic amines) is 1. The lowest BCUT2D eigenvalue weighted by Crippen LogP contribution is -2.53. The van der Waals surface area contributed by atoms with Crippen LogP contribution in [-0.2, 0) is 11.2 Å². The number of hydrogen-bond donors (Lipinski definition) is 3. The van der Waals surface area contributed by atoms with Crippen LogP contribution in [0.1, 0.15) is 32.8 Å². The number of hydrogen-bond acceptors (Lipinski definition) is 7. The van der Waals surface area contributed by atoms with Crippen LogP contribution in [0.15, 0.2) is 53.9 Å². The standard InChI is InChI=1S/C23H33N5O2S/c1-23(2,3)27-21(30)19-13-17(31-22-25-10-7-11-26-22)14-28(19)15-20(29)18(24)12-16-8-5-4-6-9-16/h4-11,17-20,29H,12-15,24H2,1-3H3,(H,27,30). The van der Waals surface area contributed by atoms with Crippen LogP contribution < -0.4 is 11.1 Å². The van der Waals surface area contributed by atoms with Crippen molar-refractivity contribution in [2.45, 2.75) is 67.7 Å². The summed E-state index contributed by atoms with van der Waals surface area (Å²) in [6.07, 6.45) is 3.97. The fourth-order valence-electron chi connectivity index (χ4n) is 3.77. The van der Waals surface area contributed by atoms with E-state index in [9.17, 15) is 9.90 Å². The number of amides is 1. The Kier molecular flexibility index (Phi) is 8.05. The molecule has 8 heteroatoms. The van der Waals surface area contributed by atoms with Gasteiger partial charge in [-0.15, -0.1) is 0 Å². The van der Waals surface area contributed by atoms with Crippen molar-refractivity contribution in [3.63, 3.8) is 0 Å². The van der Waals surface area contributed by atoms with E-state index in [2.05, 4.69) is 20.2 Å². The predicted octanol–water partition coefficient (Wildman–Crippen LogP) is 1.86. The highest BCUT2D eigenvalue weighted by Gasteiger charge is 2.39. The normalized spacial score (nSPS) is 21.6. The molecule has 1 fully saturated rings. The molecule has 0 aliphatic carbocycles. The molecule has 1 aliphatic heterocycles. The molecule has 2 aromatic rings. The zero-order chi connectivity index (χ0) is 22.4. The summed E-state index contributed by atoms with van der Waals surface area (Å²) in [6.45, 7) is 6.93. The minimum atomic E-state index is -0.734. The van der Waals surface area contributed by atoms with E-state index in [1.165, 1.54) is 0 Å². The first-order valence-corrected chi connectivity index (χ1v) is 11.6. The van der Waals surface area contributed by atoms with E-state index in [1.807, 2.05) is 51.1 Å². The monoisotopic (exact) mass is 443 g/mol. The van der Waals surface area contributed by atoms with Gasteiger partial charge in [-0.1, -0.05) is 42.1 Å². The molecule has 1 saturated heterocycles. The molecule has 0 saturated carbocycles. The highest BCUT2D eigenvalue weighted by atomic mass is 32.2. The lowest BCUT2D eigenvalue weighted by Gasteiger charge is -2.30. The molecule has 0 radical (unpaired) electrons. The first-order valence-electron chi connectivity index (χ1n) is 10.7. The number of aromatic nitrogens is 2. The van der Waals surface area contributed by atoms with Gasteiger partial charge in [0, 0.05) is 42.3 Å². The van der Waals surface area contributed by atoms with Crippen molar-refractivity contribution in [2.24, 2.45) is 5.73 Å². The van der Waals surface area contributed by atoms with Gasteiger partial charge in [-0.25, -0.2) is 9.97 Å². The molecular weight excluding hydrogens is 410 g/mol. The number of aliphatic hydroxyl groups is 1. The lowest BCUT2D eigenvalue weighted by molar-refractivity contribution is -0.127. The maximum absolute atomic E-state index is 13.0. The molecule has 1 amide bonds. The van der Waals surface area contributed by atoms with Gasteiger partial charge in [-0.3, -0.25) is 9.69 Å². The fraction of sp³-hybridized carbons (Fsp3) is 0.522. The first-order chi connectivity index (χ1) is 14.7. The number of benzene rings is 1. The molecule has 4 N–H and O–H groups in total. The molecule has 0 bridgehead atoms. The summed E-state index contributed by atoms with van der Waals surface area (Å²) >= 11 is 1.58. The van der Waals surface area contributed by atoms with Crippen LogP contribution >= 0.6 is 11.8 Å². The summed E-state index contributed by atoms with van der Waals surface area (Å²) in [4.78, 5) is 23.7. The van der Waals surface area contributed by atoms with Gasteiger partial charge in [0.1, 0.15) is 0 Å². The van der Waals surface area contributed by atoms with Crippen molar-refractivity contribution in [3.05, 3.63) is 54.4 Å². The van der Waals surface area contributed by atoms with E-state index in [1.54, 1.807) is 30.2 Å². The van der Waals surface area contributed by atoms with E-state index in [0.717, 1.165) is 5.56 Å². The molecule has 0 spiro atoms. The lowest BCUT2D eigenvalue weighted by atomic mass is 10.0. The third-order valence-electron chi connectivity index (χ3n) is 5.21. The largest absolute Gasteiger partial charge is 0.390 e. The number of nitrogens with zero attached hydrogens (tertiary/aromatic N) is 3. The van der Waals surface area contributed by atoms with Crippen LogP contribution in [0.25, 0.3) is 0 Å². The van der Waals surface area contributed by atoms with Crippen LogP contribution in [0.2, 0.25) is 0 Å². The molecule has 31 heavy (non-hydrogen) atoms. The fourth-order valence-corrected chi connectivity index (χ4v) is 4.85. The number of carbonyl (C=O) groups excluding carboxylic acids is 1. The van der Waals surface area contributed by atoms with Gasteiger partial charge in [0.05, 0.1) is 12.1 Å². The van der Waals surface area contributed by atoms with Gasteiger partial charge in [-0.05, 0) is 45.2 Å². The van der Waals surface area contributed by atoms with E-state index in [-0.39, 0.29) is 22.7 Å². The molecule has 168 valence electrons. The number of thioether (sulfide) groups is 1. The van der Waals surface area contributed by atoms with Crippen LogP contribution in [0.3, 0.4) is 0 Å². The van der Waals surface area contributed by atoms with E-state index in [4.69, 9.17) is 5.73 Å². The minimum absolute atomic E-state index is 0.0200. The molecule has 7 nitrogen and oxygen atoms in total. The number of nitrogens with one attached hydrogen (secondary N) is 1. The molecule has 1 aliphatic rings. The second-order valence-corrected chi connectivity index (χ2v) is 10.4. The summed E-state index contributed by atoms with van der Waals surface area (Å²) in [5, 5.41) is 14.8. The third kappa shape index (κ3) is 7.28. The molecule has 1 aromatic heterocycles. The average Bonchev–Trinajstić information content (AvgIpc) is 3.10. The van der Waals surface area contributed by atoms with Gasteiger partial charge in [0.2, 0.25) is 5.91 Å². The summed E-state index contributed by atoms with van der Waals surface area (Å²) in [6, 6.07) is 11.0. The average molecular weight is 444 g/mol. The van der Waals surface area contributed by atoms with Gasteiger partial charge < -0.3 is 16.2 Å². The van der Waals surface area contributed by atoms with Gasteiger partial charge in [-0.2, -0.15) is 0 Å². The highest BCUT2D eigenvalue weighted by molar-refractivity contribution is 7.99. The van der Waals surface area contributed by atoms with Crippen LogP contribution in [0.5, 0.6) is 0 Å². The SMILES string of the molecule is CC(C)(C)NC(=O)C1CC(Sc2ncccn2)CN1CC(O)C(N)Cc1ccccc1. The van der Waals surface area contributed by atoms with Crippen molar-refractivity contribution in [1.82, 2.24) is 20.2 Å². The third-order valence-corrected chi connectivity index (χ3v) is 6.31. The Hall–Kier alpha value is -2.00. The molecule has 1 aromatic carbocycles. The summed E-state index contributed by atoms with van der Waals surface area (Å²) in [5.41, 5.74) is 7.08. The zero-order valence-corrected chi connectivity index (χ0v) is 19.3. The van der Waals surface area contributed by atoms with Crippen molar-refractivity contribution in [3.8, 4) is 0 Å². The summed E-state index contributed by atoms with van der Waals surface area (Å²) in [7, 11) is 0. The maximum atomic E-state index is 13.0. The molecule has 4 unspecified atom stereocenters. The maximum Gasteiger partial charge on any atom is 0.237 e. The molecular formula is C23H33N5O2S. The Morgan fingerprint density at radius 1 is 1.26 bits per heavy atom. The highest BCUT2D eigenvalue weighted by Crippen LogP contribution is 2.31. The van der Waals surface area contributed by atoms with Crippen molar-refractivity contribution in [1.29, 1.82) is 0 Å². The Balaban J connectivity index is 1.66. The van der Waals surface area contributed by atoms with E-state index < -0.39 is 12.1 Å². The Bertz CT molecular complexity index is 831. The van der Waals surface area contributed by atoms with Crippen LogP contribution in [-0.4, -0.2) is 67.9 Å². The summed E-state index contributed by atoms with van der Waals surface area (Å²) in [5.74, 6) is -0.0200. The second kappa shape index (κ2) is 10.5. The number of β-amino-alcohol motifs (C(OH)–C–C–N with tert-alkyl or cyclic N) is 1. The van der Waals surface area contributed by atoms with Crippen LogP contribution in [0.4, 0.5) is 0 Å². The van der Waals surface area contributed by atoms with Crippen molar-refractivity contribution in [2.75, 3.05) is 13.1 Å². The molecule has 2 heterocycles. The summed E-state index contributed by atoms with van der Waals surface area (Å²) < 4.78 is 0. The number of carbonyl (C=O) groups is 1. The number of nitrogens with two attached hydrogens (primary N) is 1. The Labute approximate surface area is 188 Å². The number of rotatable bonds is 8. The van der Waals surface area contributed by atoms with Crippen LogP contribution in [0, 0.1) is 0 Å². The topological polar surface area (TPSA) is 104 Å². The van der Waals surface area contributed by atoms with E-state index in [0.29, 0.717) is 31.1 Å². The van der Waals surface area contributed by atoms with Gasteiger partial charge in [0.15, 0.2) is 5.16 Å². The van der Waals surface area contributed by atoms with Gasteiger partial charge in [0.25, 0.3) is 0 Å². The smallest absolute Gasteiger partial charge is 0.237 e. The van der Waals surface area contributed by atoms with E-state index >= 15 is 0 Å². The minimum Gasteiger partial charge on any atom is -0.390 e. The Morgan fingerprint density at radius 2 is 1.94 bits per heavy atom. The zero-order valence-electron chi connectivity index (χ0n) is 18.4. The number of aliphatic hydroxyl groups excluding tert-OH is 1. The molecule has 3 rings (SSSR count). The second-order valence-electron chi connectivity index (χ2n) is 9.14. The first kappa shape index (κ1) is 23.7. The Morgan fingerprint density at radius 3 is 2.58 bits per heavy atom.